The lowest BCUT2D eigenvalue weighted by molar-refractivity contribution is -0.123. The van der Waals surface area contributed by atoms with E-state index in [0.29, 0.717) is 30.2 Å². The van der Waals surface area contributed by atoms with Crippen molar-refractivity contribution < 1.29 is 19.0 Å². The summed E-state index contributed by atoms with van der Waals surface area (Å²) in [5, 5.41) is 2.87. The molecular formula is C22H29NO4. The Bertz CT molecular complexity index is 748. The number of benzene rings is 2. The second-order valence-corrected chi connectivity index (χ2v) is 7.35. The Hall–Kier alpha value is -2.69. The van der Waals surface area contributed by atoms with Gasteiger partial charge in [0.25, 0.3) is 5.91 Å². The number of carbonyl (C=O) groups excluding carboxylic acids is 1. The molecule has 0 aliphatic heterocycles. The third-order valence-corrected chi connectivity index (χ3v) is 4.27. The highest BCUT2D eigenvalue weighted by atomic mass is 16.5. The Morgan fingerprint density at radius 3 is 2.22 bits per heavy atom. The third-order valence-electron chi connectivity index (χ3n) is 4.27. The Morgan fingerprint density at radius 1 is 0.963 bits per heavy atom. The summed E-state index contributed by atoms with van der Waals surface area (Å²) >= 11 is 0. The Kier molecular flexibility index (Phi) is 7.11. The van der Waals surface area contributed by atoms with Crippen LogP contribution in [-0.2, 0) is 16.6 Å². The molecule has 0 atom stereocenters. The lowest BCUT2D eigenvalue weighted by atomic mass is 9.87. The molecule has 5 heteroatoms. The molecule has 1 amide bonds. The van der Waals surface area contributed by atoms with Crippen molar-refractivity contribution in [2.45, 2.75) is 32.6 Å². The Morgan fingerprint density at radius 2 is 1.63 bits per heavy atom. The van der Waals surface area contributed by atoms with Crippen LogP contribution in [-0.4, -0.2) is 33.3 Å². The first-order chi connectivity index (χ1) is 12.8. The summed E-state index contributed by atoms with van der Waals surface area (Å²) in [5.74, 6) is 1.92. The van der Waals surface area contributed by atoms with Gasteiger partial charge in [-0.25, -0.2) is 0 Å². The van der Waals surface area contributed by atoms with Gasteiger partial charge in [-0.1, -0.05) is 39.0 Å². The van der Waals surface area contributed by atoms with Gasteiger partial charge in [0.15, 0.2) is 18.1 Å². The number of amides is 1. The second-order valence-electron chi connectivity index (χ2n) is 7.35. The molecule has 2 rings (SSSR count). The van der Waals surface area contributed by atoms with E-state index in [1.54, 1.807) is 14.2 Å². The Balaban J connectivity index is 1.76. The van der Waals surface area contributed by atoms with Crippen LogP contribution >= 0.6 is 0 Å². The first-order valence-electron chi connectivity index (χ1n) is 9.04. The molecule has 27 heavy (non-hydrogen) atoms. The van der Waals surface area contributed by atoms with Crippen molar-refractivity contribution in [3.8, 4) is 17.2 Å². The fourth-order valence-corrected chi connectivity index (χ4v) is 2.63. The SMILES string of the molecule is COc1ccc(CCNC(=O)COc2ccc(C(C)(C)C)cc2)cc1OC. The zero-order valence-corrected chi connectivity index (χ0v) is 16.8. The maximum atomic E-state index is 12.0. The minimum absolute atomic E-state index is 0.000792. The predicted octanol–water partition coefficient (Wildman–Crippen LogP) is 3.74. The van der Waals surface area contributed by atoms with Crippen molar-refractivity contribution in [2.24, 2.45) is 0 Å². The second kappa shape index (κ2) is 9.31. The highest BCUT2D eigenvalue weighted by molar-refractivity contribution is 5.77. The van der Waals surface area contributed by atoms with E-state index in [1.807, 2.05) is 42.5 Å². The molecule has 0 aromatic heterocycles. The summed E-state index contributed by atoms with van der Waals surface area (Å²) in [6.45, 7) is 7.01. The minimum atomic E-state index is -0.143. The zero-order valence-electron chi connectivity index (χ0n) is 16.8. The van der Waals surface area contributed by atoms with E-state index < -0.39 is 0 Å². The first-order valence-corrected chi connectivity index (χ1v) is 9.04. The fraction of sp³-hybridized carbons (Fsp3) is 0.409. The minimum Gasteiger partial charge on any atom is -0.493 e. The van der Waals surface area contributed by atoms with Gasteiger partial charge in [-0.3, -0.25) is 4.79 Å². The van der Waals surface area contributed by atoms with E-state index in [9.17, 15) is 4.79 Å². The molecule has 0 bridgehead atoms. The van der Waals surface area contributed by atoms with Gasteiger partial charge < -0.3 is 19.5 Å². The van der Waals surface area contributed by atoms with Crippen LogP contribution in [0.15, 0.2) is 42.5 Å². The van der Waals surface area contributed by atoms with Crippen LogP contribution in [0.5, 0.6) is 17.2 Å². The number of carbonyl (C=O) groups is 1. The quantitative estimate of drug-likeness (QED) is 0.768. The van der Waals surface area contributed by atoms with E-state index >= 15 is 0 Å². The Labute approximate surface area is 161 Å². The van der Waals surface area contributed by atoms with E-state index in [-0.39, 0.29) is 17.9 Å². The van der Waals surface area contributed by atoms with Gasteiger partial charge in [0.2, 0.25) is 0 Å². The highest BCUT2D eigenvalue weighted by Crippen LogP contribution is 2.27. The lowest BCUT2D eigenvalue weighted by Crippen LogP contribution is -2.30. The maximum absolute atomic E-state index is 12.0. The van der Waals surface area contributed by atoms with Gasteiger partial charge in [-0.15, -0.1) is 0 Å². The van der Waals surface area contributed by atoms with Gasteiger partial charge in [-0.2, -0.15) is 0 Å². The smallest absolute Gasteiger partial charge is 0.257 e. The van der Waals surface area contributed by atoms with Crippen LogP contribution in [0.1, 0.15) is 31.9 Å². The molecule has 2 aromatic rings. The van der Waals surface area contributed by atoms with Gasteiger partial charge in [0.05, 0.1) is 14.2 Å². The molecule has 0 aliphatic rings. The summed E-state index contributed by atoms with van der Waals surface area (Å²) in [5.41, 5.74) is 2.39. The fourth-order valence-electron chi connectivity index (χ4n) is 2.63. The summed E-state index contributed by atoms with van der Waals surface area (Å²) in [7, 11) is 3.21. The number of methoxy groups -OCH3 is 2. The van der Waals surface area contributed by atoms with Crippen molar-refractivity contribution >= 4 is 5.91 Å². The molecule has 0 fully saturated rings. The maximum Gasteiger partial charge on any atom is 0.257 e. The van der Waals surface area contributed by atoms with Gasteiger partial charge in [-0.05, 0) is 47.2 Å². The molecule has 1 N–H and O–H groups in total. The topological polar surface area (TPSA) is 56.8 Å². The van der Waals surface area contributed by atoms with Crippen molar-refractivity contribution in [3.05, 3.63) is 53.6 Å². The molecule has 0 spiro atoms. The van der Waals surface area contributed by atoms with E-state index in [0.717, 1.165) is 5.56 Å². The van der Waals surface area contributed by atoms with Crippen molar-refractivity contribution in [2.75, 3.05) is 27.4 Å². The van der Waals surface area contributed by atoms with E-state index in [1.165, 1.54) is 5.56 Å². The molecule has 5 nitrogen and oxygen atoms in total. The first kappa shape index (κ1) is 20.6. The van der Waals surface area contributed by atoms with Crippen LogP contribution in [0.2, 0.25) is 0 Å². The van der Waals surface area contributed by atoms with Crippen LogP contribution < -0.4 is 19.5 Å². The standard InChI is InChI=1S/C22H29NO4/c1-22(2,3)17-7-9-18(10-8-17)27-15-21(24)23-13-12-16-6-11-19(25-4)20(14-16)26-5/h6-11,14H,12-13,15H2,1-5H3,(H,23,24). The van der Waals surface area contributed by atoms with E-state index in [2.05, 4.69) is 26.1 Å². The lowest BCUT2D eigenvalue weighted by Gasteiger charge is -2.19. The molecule has 0 saturated heterocycles. The normalized spacial score (nSPS) is 11.0. The van der Waals surface area contributed by atoms with Gasteiger partial charge in [0.1, 0.15) is 5.75 Å². The van der Waals surface area contributed by atoms with Gasteiger partial charge >= 0.3 is 0 Å². The molecule has 0 unspecified atom stereocenters. The van der Waals surface area contributed by atoms with Crippen molar-refractivity contribution in [1.82, 2.24) is 5.32 Å². The molecule has 146 valence electrons. The van der Waals surface area contributed by atoms with Crippen LogP contribution in [0.25, 0.3) is 0 Å². The summed E-state index contributed by atoms with van der Waals surface area (Å²) < 4.78 is 16.1. The van der Waals surface area contributed by atoms with Crippen LogP contribution in [0.4, 0.5) is 0 Å². The number of ether oxygens (including phenoxy) is 3. The van der Waals surface area contributed by atoms with E-state index in [4.69, 9.17) is 14.2 Å². The van der Waals surface area contributed by atoms with Crippen LogP contribution in [0.3, 0.4) is 0 Å². The predicted molar refractivity (Wildman–Crippen MR) is 107 cm³/mol. The number of hydrogen-bond donors (Lipinski definition) is 1. The molecule has 0 aliphatic carbocycles. The molecular weight excluding hydrogens is 342 g/mol. The highest BCUT2D eigenvalue weighted by Gasteiger charge is 2.13. The van der Waals surface area contributed by atoms with Crippen molar-refractivity contribution in [1.29, 1.82) is 0 Å². The van der Waals surface area contributed by atoms with Gasteiger partial charge in [0, 0.05) is 6.54 Å². The number of nitrogens with one attached hydrogen (secondary N) is 1. The summed E-state index contributed by atoms with van der Waals surface area (Å²) in [4.78, 5) is 12.0. The average Bonchev–Trinajstić information content (AvgIpc) is 2.65. The van der Waals surface area contributed by atoms with Crippen LogP contribution in [0, 0.1) is 0 Å². The summed E-state index contributed by atoms with van der Waals surface area (Å²) in [6.07, 6.45) is 0.701. The monoisotopic (exact) mass is 371 g/mol. The molecule has 0 radical (unpaired) electrons. The summed E-state index contributed by atoms with van der Waals surface area (Å²) in [6, 6.07) is 13.6. The largest absolute Gasteiger partial charge is 0.493 e. The molecule has 0 saturated carbocycles. The zero-order chi connectivity index (χ0) is 19.9. The molecule has 0 heterocycles. The average molecular weight is 371 g/mol. The molecule has 2 aromatic carbocycles. The number of hydrogen-bond acceptors (Lipinski definition) is 4. The number of rotatable bonds is 8. The van der Waals surface area contributed by atoms with Crippen molar-refractivity contribution in [3.63, 3.8) is 0 Å². The third kappa shape index (κ3) is 6.20.